The quantitative estimate of drug-likeness (QED) is 0.561. The second-order valence-corrected chi connectivity index (χ2v) is 5.24. The maximum absolute atomic E-state index is 4.23. The molecule has 0 saturated carbocycles. The van der Waals surface area contributed by atoms with Crippen LogP contribution in [0.25, 0.3) is 0 Å². The highest BCUT2D eigenvalue weighted by Crippen LogP contribution is 2.23. The molecule has 0 unspecified atom stereocenters. The van der Waals surface area contributed by atoms with Gasteiger partial charge in [-0.2, -0.15) is 0 Å². The third-order valence-corrected chi connectivity index (χ3v) is 3.90. The number of aryl methyl sites for hydroxylation is 1. The van der Waals surface area contributed by atoms with Gasteiger partial charge in [-0.3, -0.25) is 0 Å². The minimum atomic E-state index is 0.884. The Balaban J connectivity index is 2.65. The van der Waals surface area contributed by atoms with Crippen LogP contribution in [0.1, 0.15) is 18.9 Å². The Morgan fingerprint density at radius 3 is 2.80 bits per heavy atom. The summed E-state index contributed by atoms with van der Waals surface area (Å²) in [6.45, 7) is 7.94. The fourth-order valence-electron chi connectivity index (χ4n) is 1.01. The van der Waals surface area contributed by atoms with Crippen molar-refractivity contribution >= 4 is 23.5 Å². The minimum Gasteiger partial charge on any atom is -0.143 e. The van der Waals surface area contributed by atoms with E-state index in [2.05, 4.69) is 36.7 Å². The van der Waals surface area contributed by atoms with Gasteiger partial charge in [-0.25, -0.2) is 0 Å². The highest BCUT2D eigenvalue weighted by Gasteiger charge is 2.03. The van der Waals surface area contributed by atoms with Gasteiger partial charge in [0.2, 0.25) is 0 Å². The van der Waals surface area contributed by atoms with Crippen LogP contribution in [-0.4, -0.2) is 21.7 Å². The molecular formula is C11H16N2S2. The van der Waals surface area contributed by atoms with E-state index in [-0.39, 0.29) is 0 Å². The van der Waals surface area contributed by atoms with Crippen molar-refractivity contribution in [3.63, 3.8) is 0 Å². The summed E-state index contributed by atoms with van der Waals surface area (Å²) in [5, 5.41) is 10.4. The fraction of sp³-hybridized carbons (Fsp3) is 0.455. The summed E-state index contributed by atoms with van der Waals surface area (Å²) >= 11 is 3.44. The zero-order chi connectivity index (χ0) is 11.1. The second kappa shape index (κ2) is 6.90. The van der Waals surface area contributed by atoms with Crippen molar-refractivity contribution < 1.29 is 0 Å². The predicted octanol–water partition coefficient (Wildman–Crippen LogP) is 3.57. The van der Waals surface area contributed by atoms with Gasteiger partial charge >= 0.3 is 0 Å². The van der Waals surface area contributed by atoms with E-state index in [0.717, 1.165) is 21.6 Å². The molecule has 1 heterocycles. The molecule has 0 radical (unpaired) electrons. The molecule has 0 fully saturated rings. The molecule has 0 saturated heterocycles. The van der Waals surface area contributed by atoms with Crippen LogP contribution in [0.2, 0.25) is 0 Å². The Labute approximate surface area is 100.0 Å². The second-order valence-electron chi connectivity index (χ2n) is 3.12. The van der Waals surface area contributed by atoms with E-state index in [0.29, 0.717) is 0 Å². The smallest absolute Gasteiger partial charge is 0.122 e. The van der Waals surface area contributed by atoms with E-state index in [1.54, 1.807) is 23.5 Å². The number of rotatable bonds is 6. The van der Waals surface area contributed by atoms with Crippen LogP contribution in [0.15, 0.2) is 28.8 Å². The summed E-state index contributed by atoms with van der Waals surface area (Å²) in [7, 11) is 0. The van der Waals surface area contributed by atoms with Crippen molar-refractivity contribution in [2.24, 2.45) is 0 Å². The summed E-state index contributed by atoms with van der Waals surface area (Å²) in [5.74, 6) is 1.99. The lowest BCUT2D eigenvalue weighted by Gasteiger charge is -2.04. The van der Waals surface area contributed by atoms with Gasteiger partial charge in [0.25, 0.3) is 0 Å². The molecule has 2 nitrogen and oxygen atoms in total. The van der Waals surface area contributed by atoms with Crippen molar-refractivity contribution in [1.29, 1.82) is 0 Å². The van der Waals surface area contributed by atoms with Crippen LogP contribution in [0, 0.1) is 6.92 Å². The first-order chi connectivity index (χ1) is 7.27. The molecule has 82 valence electrons. The van der Waals surface area contributed by atoms with E-state index < -0.39 is 0 Å². The summed E-state index contributed by atoms with van der Waals surface area (Å²) in [6.07, 6.45) is 3.04. The Morgan fingerprint density at radius 1 is 1.40 bits per heavy atom. The van der Waals surface area contributed by atoms with Gasteiger partial charge < -0.3 is 0 Å². The van der Waals surface area contributed by atoms with Crippen LogP contribution in [-0.2, 0) is 0 Å². The van der Waals surface area contributed by atoms with E-state index >= 15 is 0 Å². The summed E-state index contributed by atoms with van der Waals surface area (Å²) < 4.78 is 0. The number of hydrogen-bond donors (Lipinski definition) is 0. The molecule has 1 aromatic rings. The summed E-state index contributed by atoms with van der Waals surface area (Å²) in [4.78, 5) is 0. The third kappa shape index (κ3) is 4.26. The molecule has 0 aliphatic heterocycles. The van der Waals surface area contributed by atoms with Gasteiger partial charge in [0.15, 0.2) is 0 Å². The van der Waals surface area contributed by atoms with Crippen LogP contribution in [0.4, 0.5) is 0 Å². The van der Waals surface area contributed by atoms with Gasteiger partial charge in [0, 0.05) is 5.75 Å². The summed E-state index contributed by atoms with van der Waals surface area (Å²) in [5.41, 5.74) is 1.22. The molecule has 1 aromatic heterocycles. The van der Waals surface area contributed by atoms with Crippen molar-refractivity contribution in [2.45, 2.75) is 30.3 Å². The van der Waals surface area contributed by atoms with Gasteiger partial charge in [0.05, 0.1) is 0 Å². The highest BCUT2D eigenvalue weighted by atomic mass is 32.2. The molecule has 0 aliphatic carbocycles. The average Bonchev–Trinajstić information content (AvgIpc) is 2.25. The minimum absolute atomic E-state index is 0.884. The Kier molecular flexibility index (Phi) is 5.79. The molecule has 0 amide bonds. The maximum Gasteiger partial charge on any atom is 0.122 e. The zero-order valence-corrected chi connectivity index (χ0v) is 10.8. The zero-order valence-electron chi connectivity index (χ0n) is 9.19. The van der Waals surface area contributed by atoms with Crippen molar-refractivity contribution in [1.82, 2.24) is 10.2 Å². The molecule has 0 aromatic carbocycles. The van der Waals surface area contributed by atoms with Crippen molar-refractivity contribution in [3.05, 3.63) is 24.3 Å². The van der Waals surface area contributed by atoms with Gasteiger partial charge in [-0.05, 0) is 30.7 Å². The van der Waals surface area contributed by atoms with Crippen LogP contribution in [0.3, 0.4) is 0 Å². The molecule has 0 aliphatic rings. The fourth-order valence-corrected chi connectivity index (χ4v) is 2.44. The molecule has 4 heteroatoms. The molecule has 0 N–H and O–H groups in total. The van der Waals surface area contributed by atoms with E-state index in [9.17, 15) is 0 Å². The number of thioether (sulfide) groups is 2. The lowest BCUT2D eigenvalue weighted by molar-refractivity contribution is 0.835. The largest absolute Gasteiger partial charge is 0.143 e. The number of nitrogens with zero attached hydrogens (tertiary/aromatic N) is 2. The first-order valence-electron chi connectivity index (χ1n) is 4.98. The van der Waals surface area contributed by atoms with Gasteiger partial charge in [-0.15, -0.1) is 40.3 Å². The van der Waals surface area contributed by atoms with Gasteiger partial charge in [-0.1, -0.05) is 13.0 Å². The Morgan fingerprint density at radius 2 is 2.20 bits per heavy atom. The molecule has 15 heavy (non-hydrogen) atoms. The Hall–Kier alpha value is -0.480. The van der Waals surface area contributed by atoms with Crippen LogP contribution < -0.4 is 0 Å². The molecule has 0 spiro atoms. The molecule has 1 rings (SSSR count). The predicted molar refractivity (Wildman–Crippen MR) is 68.7 cm³/mol. The number of hydrogen-bond acceptors (Lipinski definition) is 4. The normalized spacial score (nSPS) is 10.3. The van der Waals surface area contributed by atoms with E-state index in [1.807, 2.05) is 6.08 Å². The monoisotopic (exact) mass is 240 g/mol. The first kappa shape index (κ1) is 12.6. The lowest BCUT2D eigenvalue weighted by atomic mass is 10.4. The molecular weight excluding hydrogens is 224 g/mol. The Bertz CT molecular complexity index is 326. The SMILES string of the molecule is C=CCSc1cc(C)c(SCCC)nn1. The average molecular weight is 240 g/mol. The lowest BCUT2D eigenvalue weighted by Crippen LogP contribution is -1.93. The number of aromatic nitrogens is 2. The van der Waals surface area contributed by atoms with E-state index in [1.165, 1.54) is 12.0 Å². The van der Waals surface area contributed by atoms with Crippen molar-refractivity contribution in [3.8, 4) is 0 Å². The van der Waals surface area contributed by atoms with Crippen molar-refractivity contribution in [2.75, 3.05) is 11.5 Å². The van der Waals surface area contributed by atoms with Gasteiger partial charge in [0.1, 0.15) is 10.1 Å². The first-order valence-corrected chi connectivity index (χ1v) is 6.95. The topological polar surface area (TPSA) is 25.8 Å². The highest BCUT2D eigenvalue weighted by molar-refractivity contribution is 7.99. The maximum atomic E-state index is 4.23. The van der Waals surface area contributed by atoms with Crippen LogP contribution >= 0.6 is 23.5 Å². The van der Waals surface area contributed by atoms with Crippen LogP contribution in [0.5, 0.6) is 0 Å². The van der Waals surface area contributed by atoms with E-state index in [4.69, 9.17) is 0 Å². The third-order valence-electron chi connectivity index (χ3n) is 1.71. The molecule has 0 atom stereocenters. The standard InChI is InChI=1S/C11H16N2S2/c1-4-6-14-10-8-9(3)11(13-12-10)15-7-5-2/h4,8H,1,5-7H2,2-3H3. The molecule has 0 bridgehead atoms. The summed E-state index contributed by atoms with van der Waals surface area (Å²) in [6, 6.07) is 2.10.